The zero-order valence-corrected chi connectivity index (χ0v) is 14.1. The molecule has 2 nitrogen and oxygen atoms in total. The Balaban J connectivity index is 1.74. The number of rotatable bonds is 0. The molecule has 1 aromatic rings. The molecule has 0 heterocycles. The van der Waals surface area contributed by atoms with E-state index in [1.165, 1.54) is 30.4 Å². The lowest BCUT2D eigenvalue weighted by molar-refractivity contribution is -0.0226. The SMILES string of the molecule is C[C@]12CC[C@@H]3c4ccc(O)c(Br)c4CC[C@@H]3[C@@H]1CC[C@H]2O. The Bertz CT molecular complexity index is 585. The van der Waals surface area contributed by atoms with Crippen molar-refractivity contribution in [1.82, 2.24) is 0 Å². The molecule has 3 aliphatic rings. The van der Waals surface area contributed by atoms with E-state index in [2.05, 4.69) is 28.9 Å². The van der Waals surface area contributed by atoms with E-state index in [0.29, 0.717) is 23.5 Å². The van der Waals surface area contributed by atoms with E-state index in [-0.39, 0.29) is 11.5 Å². The summed E-state index contributed by atoms with van der Waals surface area (Å²) in [6.07, 6.45) is 6.64. The highest BCUT2D eigenvalue weighted by Crippen LogP contribution is 2.61. The topological polar surface area (TPSA) is 40.5 Å². The molecule has 2 N–H and O–H groups in total. The molecule has 114 valence electrons. The van der Waals surface area contributed by atoms with Gasteiger partial charge >= 0.3 is 0 Å². The molecule has 2 fully saturated rings. The van der Waals surface area contributed by atoms with E-state index in [1.54, 1.807) is 0 Å². The van der Waals surface area contributed by atoms with E-state index in [4.69, 9.17) is 0 Å². The van der Waals surface area contributed by atoms with Crippen molar-refractivity contribution in [2.75, 3.05) is 0 Å². The summed E-state index contributed by atoms with van der Waals surface area (Å²) >= 11 is 3.57. The number of aliphatic hydroxyl groups is 1. The number of aromatic hydroxyl groups is 1. The monoisotopic (exact) mass is 350 g/mol. The van der Waals surface area contributed by atoms with Gasteiger partial charge in [-0.05, 0) is 94.8 Å². The summed E-state index contributed by atoms with van der Waals surface area (Å²) in [7, 11) is 0. The highest BCUT2D eigenvalue weighted by atomic mass is 79.9. The van der Waals surface area contributed by atoms with Crippen molar-refractivity contribution in [3.63, 3.8) is 0 Å². The largest absolute Gasteiger partial charge is 0.507 e. The zero-order valence-electron chi connectivity index (χ0n) is 12.5. The van der Waals surface area contributed by atoms with Gasteiger partial charge in [-0.25, -0.2) is 0 Å². The normalized spacial score (nSPS) is 41.3. The van der Waals surface area contributed by atoms with Gasteiger partial charge in [0.25, 0.3) is 0 Å². The molecule has 0 spiro atoms. The van der Waals surface area contributed by atoms with Crippen LogP contribution in [0.1, 0.15) is 56.1 Å². The van der Waals surface area contributed by atoms with E-state index in [1.807, 2.05) is 6.07 Å². The van der Waals surface area contributed by atoms with Crippen molar-refractivity contribution >= 4 is 15.9 Å². The van der Waals surface area contributed by atoms with Crippen LogP contribution in [0.2, 0.25) is 0 Å². The summed E-state index contributed by atoms with van der Waals surface area (Å²) in [5, 5.41) is 20.3. The minimum Gasteiger partial charge on any atom is -0.507 e. The summed E-state index contributed by atoms with van der Waals surface area (Å²) in [5.74, 6) is 2.37. The van der Waals surface area contributed by atoms with E-state index in [9.17, 15) is 10.2 Å². The molecule has 0 bridgehead atoms. The molecule has 4 rings (SSSR count). The molecule has 2 saturated carbocycles. The maximum absolute atomic E-state index is 10.4. The van der Waals surface area contributed by atoms with Gasteiger partial charge < -0.3 is 10.2 Å². The minimum absolute atomic E-state index is 0.101. The Morgan fingerprint density at radius 1 is 1.19 bits per heavy atom. The number of hydrogen-bond acceptors (Lipinski definition) is 2. The molecule has 3 heteroatoms. The lowest BCUT2D eigenvalue weighted by Gasteiger charge is -2.50. The summed E-state index contributed by atoms with van der Waals surface area (Å²) in [4.78, 5) is 0. The fourth-order valence-electron chi connectivity index (χ4n) is 5.58. The van der Waals surface area contributed by atoms with Crippen LogP contribution in [0, 0.1) is 17.3 Å². The first-order valence-corrected chi connectivity index (χ1v) is 9.00. The quantitative estimate of drug-likeness (QED) is 0.729. The van der Waals surface area contributed by atoms with Crippen LogP contribution in [-0.4, -0.2) is 16.3 Å². The van der Waals surface area contributed by atoms with Gasteiger partial charge in [-0.1, -0.05) is 13.0 Å². The van der Waals surface area contributed by atoms with E-state index in [0.717, 1.165) is 23.7 Å². The summed E-state index contributed by atoms with van der Waals surface area (Å²) < 4.78 is 0.901. The number of halogens is 1. The standard InChI is InChI=1S/C18H23BrO2/c1-18-9-8-11-10-4-6-15(20)17(19)13(10)3-2-12(11)14(18)5-7-16(18)21/h4,6,11-12,14,16,20-21H,2-3,5,7-9H2,1H3/t11-,12+,14+,16-,18+/m1/s1. The Kier molecular flexibility index (Phi) is 3.17. The molecule has 0 aliphatic heterocycles. The van der Waals surface area contributed by atoms with Gasteiger partial charge in [0, 0.05) is 0 Å². The van der Waals surface area contributed by atoms with Crippen LogP contribution in [0.25, 0.3) is 0 Å². The fourth-order valence-corrected chi connectivity index (χ4v) is 6.14. The average molecular weight is 351 g/mol. The van der Waals surface area contributed by atoms with Gasteiger partial charge in [-0.3, -0.25) is 0 Å². The van der Waals surface area contributed by atoms with Crippen LogP contribution in [0.15, 0.2) is 16.6 Å². The summed E-state index contributed by atoms with van der Waals surface area (Å²) in [5.41, 5.74) is 2.91. The van der Waals surface area contributed by atoms with Crippen LogP contribution < -0.4 is 0 Å². The smallest absolute Gasteiger partial charge is 0.130 e. The van der Waals surface area contributed by atoms with Gasteiger partial charge in [0.05, 0.1) is 10.6 Å². The van der Waals surface area contributed by atoms with Gasteiger partial charge in [0.2, 0.25) is 0 Å². The molecule has 0 radical (unpaired) electrons. The highest BCUT2D eigenvalue weighted by molar-refractivity contribution is 9.10. The van der Waals surface area contributed by atoms with Gasteiger partial charge in [-0.15, -0.1) is 0 Å². The number of phenolic OH excluding ortho intramolecular Hbond substituents is 1. The second-order valence-electron chi connectivity index (χ2n) is 7.52. The number of aliphatic hydroxyl groups excluding tert-OH is 1. The first-order chi connectivity index (χ1) is 10.0. The van der Waals surface area contributed by atoms with Crippen LogP contribution in [0.4, 0.5) is 0 Å². The number of hydrogen-bond donors (Lipinski definition) is 2. The molecule has 0 saturated heterocycles. The molecule has 0 amide bonds. The Hall–Kier alpha value is -0.540. The number of fused-ring (bicyclic) bond motifs is 5. The Morgan fingerprint density at radius 2 is 2.00 bits per heavy atom. The van der Waals surface area contributed by atoms with Crippen molar-refractivity contribution in [3.05, 3.63) is 27.7 Å². The average Bonchev–Trinajstić information content (AvgIpc) is 2.78. The lowest BCUT2D eigenvalue weighted by atomic mass is 9.55. The Labute approximate surface area is 134 Å². The maximum Gasteiger partial charge on any atom is 0.130 e. The van der Waals surface area contributed by atoms with Crippen molar-refractivity contribution in [2.24, 2.45) is 17.3 Å². The fraction of sp³-hybridized carbons (Fsp3) is 0.667. The van der Waals surface area contributed by atoms with E-state index < -0.39 is 0 Å². The highest BCUT2D eigenvalue weighted by Gasteiger charge is 2.54. The molecule has 0 aromatic heterocycles. The summed E-state index contributed by atoms with van der Waals surface area (Å²) in [6, 6.07) is 3.98. The predicted octanol–water partition coefficient (Wildman–Crippen LogP) is 4.37. The first-order valence-electron chi connectivity index (χ1n) is 8.20. The second kappa shape index (κ2) is 4.73. The molecular weight excluding hydrogens is 328 g/mol. The number of benzene rings is 1. The van der Waals surface area contributed by atoms with Gasteiger partial charge in [-0.2, -0.15) is 0 Å². The second-order valence-corrected chi connectivity index (χ2v) is 8.31. The molecule has 0 unspecified atom stereocenters. The van der Waals surface area contributed by atoms with Crippen LogP contribution in [0.5, 0.6) is 5.75 Å². The molecule has 1 aromatic carbocycles. The Morgan fingerprint density at radius 3 is 2.81 bits per heavy atom. The lowest BCUT2D eigenvalue weighted by Crippen LogP contribution is -2.43. The third-order valence-corrected chi connectivity index (χ3v) is 7.66. The van der Waals surface area contributed by atoms with Crippen LogP contribution in [0.3, 0.4) is 0 Å². The third-order valence-electron chi connectivity index (χ3n) is 6.77. The molecular formula is C18H23BrO2. The molecule has 3 aliphatic carbocycles. The van der Waals surface area contributed by atoms with Gasteiger partial charge in [0.1, 0.15) is 5.75 Å². The first kappa shape index (κ1) is 14.1. The molecule has 5 atom stereocenters. The predicted molar refractivity (Wildman–Crippen MR) is 86.4 cm³/mol. The van der Waals surface area contributed by atoms with Crippen LogP contribution >= 0.6 is 15.9 Å². The zero-order chi connectivity index (χ0) is 14.8. The van der Waals surface area contributed by atoms with Crippen molar-refractivity contribution in [2.45, 2.75) is 57.5 Å². The minimum atomic E-state index is -0.101. The maximum atomic E-state index is 10.4. The summed E-state index contributed by atoms with van der Waals surface area (Å²) in [6.45, 7) is 2.31. The van der Waals surface area contributed by atoms with Gasteiger partial charge in [0.15, 0.2) is 0 Å². The van der Waals surface area contributed by atoms with E-state index >= 15 is 0 Å². The van der Waals surface area contributed by atoms with Crippen molar-refractivity contribution in [3.8, 4) is 5.75 Å². The third kappa shape index (κ3) is 1.86. The van der Waals surface area contributed by atoms with Crippen molar-refractivity contribution < 1.29 is 10.2 Å². The van der Waals surface area contributed by atoms with Crippen molar-refractivity contribution in [1.29, 1.82) is 0 Å². The van der Waals surface area contributed by atoms with Crippen LogP contribution in [-0.2, 0) is 6.42 Å². The molecule has 21 heavy (non-hydrogen) atoms. The number of phenols is 1.